The molecule has 33 heavy (non-hydrogen) atoms. The van der Waals surface area contributed by atoms with E-state index in [1.165, 1.54) is 0 Å². The molecule has 1 atom stereocenters. The van der Waals surface area contributed by atoms with Crippen LogP contribution >= 0.6 is 43.5 Å². The number of alkyl halides is 6. The first-order valence-corrected chi connectivity index (χ1v) is 11.3. The highest BCUT2D eigenvalue weighted by atomic mass is 79.9. The van der Waals surface area contributed by atoms with Gasteiger partial charge in [0.25, 0.3) is 5.91 Å². The molecule has 0 aliphatic heterocycles. The molecule has 3 rings (SSSR count). The third-order valence-corrected chi connectivity index (χ3v) is 6.90. The van der Waals surface area contributed by atoms with Crippen molar-refractivity contribution in [3.63, 3.8) is 0 Å². The van der Waals surface area contributed by atoms with Crippen molar-refractivity contribution in [2.24, 2.45) is 0 Å². The van der Waals surface area contributed by atoms with E-state index >= 15 is 0 Å². The van der Waals surface area contributed by atoms with Gasteiger partial charge >= 0.3 is 12.4 Å². The SMILES string of the molecule is O=C(NC1CC1)c1ccc(/C(F)=C/C(c2cc(Br)c(Cl)c(Br)c2)C(F)(F)F)cc1C(F)(F)F. The molecule has 0 aromatic heterocycles. The number of amides is 1. The second kappa shape index (κ2) is 9.58. The summed E-state index contributed by atoms with van der Waals surface area (Å²) in [5, 5.41) is 2.50. The standard InChI is InChI=1S/C21H13Br2ClF7NO/c22-15-6-10(7-16(23)18(15)24)13(20(26,27)28)8-17(25)9-1-4-12(14(5-9)21(29,30)31)19(33)32-11-2-3-11/h1,4-8,11,13H,2-3H2,(H,32,33)/b17-8-. The summed E-state index contributed by atoms with van der Waals surface area (Å²) in [5.74, 6) is -4.99. The molecule has 0 heterocycles. The van der Waals surface area contributed by atoms with Gasteiger partial charge in [-0.1, -0.05) is 17.7 Å². The van der Waals surface area contributed by atoms with Crippen LogP contribution in [0.4, 0.5) is 30.7 Å². The Kier molecular flexibility index (Phi) is 7.55. The fourth-order valence-electron chi connectivity index (χ4n) is 2.99. The number of rotatable bonds is 5. The predicted molar refractivity (Wildman–Crippen MR) is 117 cm³/mol. The van der Waals surface area contributed by atoms with Crippen LogP contribution in [0.2, 0.25) is 5.02 Å². The Morgan fingerprint density at radius 3 is 2.12 bits per heavy atom. The van der Waals surface area contributed by atoms with E-state index in [1.807, 2.05) is 0 Å². The van der Waals surface area contributed by atoms with E-state index < -0.39 is 52.3 Å². The molecule has 2 nitrogen and oxygen atoms in total. The van der Waals surface area contributed by atoms with Crippen LogP contribution in [0, 0.1) is 0 Å². The van der Waals surface area contributed by atoms with Crippen molar-refractivity contribution < 1.29 is 35.5 Å². The summed E-state index contributed by atoms with van der Waals surface area (Å²) >= 11 is 11.9. The molecule has 2 aromatic rings. The normalized spacial score (nSPS) is 16.0. The van der Waals surface area contributed by atoms with Crippen LogP contribution in [-0.2, 0) is 6.18 Å². The Balaban J connectivity index is 2.04. The van der Waals surface area contributed by atoms with Gasteiger partial charge in [-0.05, 0) is 80.6 Å². The maximum Gasteiger partial charge on any atom is 0.417 e. The number of carbonyl (C=O) groups is 1. The Labute approximate surface area is 205 Å². The fraction of sp³-hybridized carbons (Fsp3) is 0.286. The summed E-state index contributed by atoms with van der Waals surface area (Å²) in [5.41, 5.74) is -3.31. The molecule has 0 radical (unpaired) electrons. The summed E-state index contributed by atoms with van der Waals surface area (Å²) in [6.07, 6.45) is -8.53. The lowest BCUT2D eigenvalue weighted by molar-refractivity contribution is -0.140. The molecule has 0 saturated heterocycles. The number of benzene rings is 2. The molecule has 1 aliphatic carbocycles. The van der Waals surface area contributed by atoms with Crippen LogP contribution in [-0.4, -0.2) is 18.1 Å². The van der Waals surface area contributed by atoms with Crippen molar-refractivity contribution >= 4 is 55.2 Å². The van der Waals surface area contributed by atoms with Gasteiger partial charge in [0, 0.05) is 20.6 Å². The lowest BCUT2D eigenvalue weighted by atomic mass is 9.95. The summed E-state index contributed by atoms with van der Waals surface area (Å²) in [6.45, 7) is 0. The number of carbonyl (C=O) groups excluding carboxylic acids is 1. The van der Waals surface area contributed by atoms with Crippen molar-refractivity contribution in [3.8, 4) is 0 Å². The minimum atomic E-state index is -5.03. The molecule has 12 heteroatoms. The molecule has 1 N–H and O–H groups in total. The van der Waals surface area contributed by atoms with Crippen LogP contribution in [0.1, 0.15) is 45.8 Å². The Hall–Kier alpha value is -1.59. The third kappa shape index (κ3) is 6.30. The Morgan fingerprint density at radius 1 is 1.06 bits per heavy atom. The summed E-state index contributed by atoms with van der Waals surface area (Å²) in [4.78, 5) is 12.1. The predicted octanol–water partition coefficient (Wildman–Crippen LogP) is 8.43. The van der Waals surface area contributed by atoms with Gasteiger partial charge in [0.05, 0.1) is 16.1 Å². The second-order valence-electron chi connectivity index (χ2n) is 7.34. The van der Waals surface area contributed by atoms with Gasteiger partial charge in [0.2, 0.25) is 0 Å². The number of allylic oxidation sites excluding steroid dienone is 1. The average molecular weight is 624 g/mol. The molecular formula is C21H13Br2ClF7NO. The molecule has 1 unspecified atom stereocenters. The van der Waals surface area contributed by atoms with Crippen molar-refractivity contribution in [2.75, 3.05) is 0 Å². The smallest absolute Gasteiger partial charge is 0.349 e. The first kappa shape index (κ1) is 26.0. The van der Waals surface area contributed by atoms with E-state index in [1.54, 1.807) is 0 Å². The third-order valence-electron chi connectivity index (χ3n) is 4.79. The zero-order valence-corrected chi connectivity index (χ0v) is 20.1. The lowest BCUT2D eigenvalue weighted by Crippen LogP contribution is -2.28. The van der Waals surface area contributed by atoms with Gasteiger partial charge < -0.3 is 5.32 Å². The topological polar surface area (TPSA) is 29.1 Å². The van der Waals surface area contributed by atoms with E-state index in [2.05, 4.69) is 37.2 Å². The van der Waals surface area contributed by atoms with Crippen molar-refractivity contribution in [1.29, 1.82) is 0 Å². The lowest BCUT2D eigenvalue weighted by Gasteiger charge is -2.19. The monoisotopic (exact) mass is 621 g/mol. The molecule has 1 saturated carbocycles. The largest absolute Gasteiger partial charge is 0.417 e. The van der Waals surface area contributed by atoms with Crippen LogP contribution in [0.3, 0.4) is 0 Å². The highest BCUT2D eigenvalue weighted by Crippen LogP contribution is 2.43. The van der Waals surface area contributed by atoms with Gasteiger partial charge in [-0.2, -0.15) is 26.3 Å². The van der Waals surface area contributed by atoms with Gasteiger partial charge in [-0.3, -0.25) is 4.79 Å². The number of hydrogen-bond donors (Lipinski definition) is 1. The maximum atomic E-state index is 14.8. The number of halogens is 10. The molecule has 1 amide bonds. The van der Waals surface area contributed by atoms with Crippen LogP contribution < -0.4 is 5.32 Å². The van der Waals surface area contributed by atoms with Crippen molar-refractivity contribution in [2.45, 2.75) is 37.2 Å². The van der Waals surface area contributed by atoms with Crippen molar-refractivity contribution in [1.82, 2.24) is 5.32 Å². The summed E-state index contributed by atoms with van der Waals surface area (Å²) in [7, 11) is 0. The van der Waals surface area contributed by atoms with Gasteiger partial charge in [0.1, 0.15) is 11.7 Å². The highest BCUT2D eigenvalue weighted by Gasteiger charge is 2.41. The van der Waals surface area contributed by atoms with Crippen LogP contribution in [0.5, 0.6) is 0 Å². The zero-order chi connectivity index (χ0) is 24.7. The van der Waals surface area contributed by atoms with E-state index in [4.69, 9.17) is 11.6 Å². The van der Waals surface area contributed by atoms with Gasteiger partial charge in [0.15, 0.2) is 0 Å². The first-order valence-electron chi connectivity index (χ1n) is 9.29. The van der Waals surface area contributed by atoms with E-state index in [0.717, 1.165) is 24.3 Å². The minimum Gasteiger partial charge on any atom is -0.349 e. The molecule has 0 bridgehead atoms. The summed E-state index contributed by atoms with van der Waals surface area (Å²) < 4.78 is 96.8. The first-order chi connectivity index (χ1) is 15.2. The van der Waals surface area contributed by atoms with Crippen LogP contribution in [0.15, 0.2) is 45.4 Å². The average Bonchev–Trinajstić information content (AvgIpc) is 3.51. The van der Waals surface area contributed by atoms with Crippen LogP contribution in [0.25, 0.3) is 5.83 Å². The maximum absolute atomic E-state index is 14.8. The molecule has 178 valence electrons. The Morgan fingerprint density at radius 2 is 1.64 bits per heavy atom. The van der Waals surface area contributed by atoms with Gasteiger partial charge in [-0.25, -0.2) is 4.39 Å². The Bertz CT molecular complexity index is 1090. The molecule has 0 spiro atoms. The van der Waals surface area contributed by atoms with E-state index in [0.29, 0.717) is 18.9 Å². The molecular weight excluding hydrogens is 610 g/mol. The molecule has 1 fully saturated rings. The second-order valence-corrected chi connectivity index (χ2v) is 9.42. The number of hydrogen-bond acceptors (Lipinski definition) is 1. The van der Waals surface area contributed by atoms with Gasteiger partial charge in [-0.15, -0.1) is 0 Å². The minimum absolute atomic E-state index is 0.0963. The zero-order valence-electron chi connectivity index (χ0n) is 16.2. The van der Waals surface area contributed by atoms with Crippen molar-refractivity contribution in [3.05, 3.63) is 72.6 Å². The molecule has 1 aliphatic rings. The molecule has 2 aromatic carbocycles. The van der Waals surface area contributed by atoms with E-state index in [9.17, 15) is 35.5 Å². The quantitative estimate of drug-likeness (QED) is 0.263. The van der Waals surface area contributed by atoms with E-state index in [-0.39, 0.29) is 26.1 Å². The fourth-order valence-corrected chi connectivity index (χ4v) is 4.32. The summed E-state index contributed by atoms with van der Waals surface area (Å²) in [6, 6.07) is 3.78. The number of nitrogens with one attached hydrogen (secondary N) is 1. The highest BCUT2D eigenvalue weighted by molar-refractivity contribution is 9.11.